The SMILES string of the molecule is CN(C/C=C/C(=O)O)CCc1ccc2c(c1)CCC2. The highest BCUT2D eigenvalue weighted by Crippen LogP contribution is 2.22. The van der Waals surface area contributed by atoms with Gasteiger partial charge < -0.3 is 10.0 Å². The highest BCUT2D eigenvalue weighted by Gasteiger charge is 2.10. The quantitative estimate of drug-likeness (QED) is 0.797. The lowest BCUT2D eigenvalue weighted by atomic mass is 10.0. The number of hydrogen-bond acceptors (Lipinski definition) is 2. The first-order chi connectivity index (χ1) is 9.15. The van der Waals surface area contributed by atoms with Gasteiger partial charge in [0.15, 0.2) is 0 Å². The van der Waals surface area contributed by atoms with E-state index >= 15 is 0 Å². The van der Waals surface area contributed by atoms with Crippen LogP contribution in [0.15, 0.2) is 30.4 Å². The Morgan fingerprint density at radius 3 is 2.95 bits per heavy atom. The van der Waals surface area contributed by atoms with Crippen LogP contribution in [-0.2, 0) is 24.1 Å². The van der Waals surface area contributed by atoms with E-state index in [-0.39, 0.29) is 0 Å². The minimum Gasteiger partial charge on any atom is -0.478 e. The van der Waals surface area contributed by atoms with Gasteiger partial charge in [0.2, 0.25) is 0 Å². The zero-order valence-corrected chi connectivity index (χ0v) is 11.4. The third kappa shape index (κ3) is 4.21. The predicted octanol–water partition coefficient (Wildman–Crippen LogP) is 2.29. The number of aliphatic carboxylic acids is 1. The molecule has 2 rings (SSSR count). The first-order valence-electron chi connectivity index (χ1n) is 6.84. The van der Waals surface area contributed by atoms with Crippen molar-refractivity contribution < 1.29 is 9.90 Å². The van der Waals surface area contributed by atoms with E-state index < -0.39 is 5.97 Å². The van der Waals surface area contributed by atoms with E-state index in [1.54, 1.807) is 6.08 Å². The fourth-order valence-corrected chi connectivity index (χ4v) is 2.53. The molecule has 3 nitrogen and oxygen atoms in total. The molecule has 0 atom stereocenters. The van der Waals surface area contributed by atoms with E-state index in [9.17, 15) is 4.79 Å². The Bertz CT molecular complexity index is 480. The summed E-state index contributed by atoms with van der Waals surface area (Å²) in [4.78, 5) is 12.5. The van der Waals surface area contributed by atoms with Crippen LogP contribution < -0.4 is 0 Å². The molecule has 1 aliphatic carbocycles. The molecule has 102 valence electrons. The number of carboxylic acids is 1. The third-order valence-electron chi connectivity index (χ3n) is 3.62. The fraction of sp³-hybridized carbons (Fsp3) is 0.438. The molecule has 0 radical (unpaired) electrons. The van der Waals surface area contributed by atoms with Crippen molar-refractivity contribution in [1.82, 2.24) is 4.90 Å². The molecule has 1 N–H and O–H groups in total. The Morgan fingerprint density at radius 1 is 1.37 bits per heavy atom. The zero-order chi connectivity index (χ0) is 13.7. The Morgan fingerprint density at radius 2 is 2.16 bits per heavy atom. The van der Waals surface area contributed by atoms with Crippen molar-refractivity contribution in [3.05, 3.63) is 47.0 Å². The third-order valence-corrected chi connectivity index (χ3v) is 3.62. The largest absolute Gasteiger partial charge is 0.478 e. The van der Waals surface area contributed by atoms with Crippen LogP contribution in [0.1, 0.15) is 23.1 Å². The van der Waals surface area contributed by atoms with E-state index in [0.29, 0.717) is 6.54 Å². The van der Waals surface area contributed by atoms with Crippen LogP contribution in [0.4, 0.5) is 0 Å². The summed E-state index contributed by atoms with van der Waals surface area (Å²) >= 11 is 0. The Labute approximate surface area is 114 Å². The second-order valence-electron chi connectivity index (χ2n) is 5.21. The molecule has 0 aromatic heterocycles. The van der Waals surface area contributed by atoms with Crippen LogP contribution in [0.2, 0.25) is 0 Å². The van der Waals surface area contributed by atoms with Crippen LogP contribution in [-0.4, -0.2) is 36.1 Å². The number of benzene rings is 1. The number of aryl methyl sites for hydroxylation is 2. The topological polar surface area (TPSA) is 40.5 Å². The van der Waals surface area contributed by atoms with Crippen molar-refractivity contribution in [1.29, 1.82) is 0 Å². The lowest BCUT2D eigenvalue weighted by Crippen LogP contribution is -2.21. The summed E-state index contributed by atoms with van der Waals surface area (Å²) in [5.74, 6) is -0.882. The van der Waals surface area contributed by atoms with Gasteiger partial charge in [0.1, 0.15) is 0 Å². The van der Waals surface area contributed by atoms with Gasteiger partial charge >= 0.3 is 5.97 Å². The predicted molar refractivity (Wildman–Crippen MR) is 76.4 cm³/mol. The molecule has 3 heteroatoms. The molecule has 0 fully saturated rings. The van der Waals surface area contributed by atoms with Crippen molar-refractivity contribution in [3.8, 4) is 0 Å². The second-order valence-corrected chi connectivity index (χ2v) is 5.21. The Hall–Kier alpha value is -1.61. The zero-order valence-electron chi connectivity index (χ0n) is 11.4. The highest BCUT2D eigenvalue weighted by atomic mass is 16.4. The van der Waals surface area contributed by atoms with Crippen molar-refractivity contribution in [2.75, 3.05) is 20.1 Å². The van der Waals surface area contributed by atoms with Gasteiger partial charge in [0.05, 0.1) is 0 Å². The first-order valence-corrected chi connectivity index (χ1v) is 6.84. The summed E-state index contributed by atoms with van der Waals surface area (Å²) in [5.41, 5.74) is 4.42. The molecule has 0 aliphatic heterocycles. The molecule has 0 bridgehead atoms. The highest BCUT2D eigenvalue weighted by molar-refractivity contribution is 5.79. The molecule has 0 unspecified atom stereocenters. The molecular formula is C16H21NO2. The summed E-state index contributed by atoms with van der Waals surface area (Å²) in [6.45, 7) is 1.62. The molecular weight excluding hydrogens is 238 g/mol. The van der Waals surface area contributed by atoms with E-state index in [1.165, 1.54) is 42.0 Å². The summed E-state index contributed by atoms with van der Waals surface area (Å²) < 4.78 is 0. The molecule has 1 aromatic carbocycles. The first kappa shape index (κ1) is 13.8. The van der Waals surface area contributed by atoms with E-state index in [1.807, 2.05) is 7.05 Å². The summed E-state index contributed by atoms with van der Waals surface area (Å²) in [5, 5.41) is 8.52. The number of carboxylic acid groups (broad SMARTS) is 1. The lowest BCUT2D eigenvalue weighted by molar-refractivity contribution is -0.131. The minimum atomic E-state index is -0.882. The number of likely N-dealkylation sites (N-methyl/N-ethyl adjacent to an activating group) is 1. The summed E-state index contributed by atoms with van der Waals surface area (Å²) in [6, 6.07) is 6.83. The van der Waals surface area contributed by atoms with E-state index in [2.05, 4.69) is 23.1 Å². The fourth-order valence-electron chi connectivity index (χ4n) is 2.53. The maximum Gasteiger partial charge on any atom is 0.328 e. The number of hydrogen-bond donors (Lipinski definition) is 1. The molecule has 0 saturated carbocycles. The van der Waals surface area contributed by atoms with Crippen LogP contribution in [0.3, 0.4) is 0 Å². The number of nitrogens with zero attached hydrogens (tertiary/aromatic N) is 1. The molecule has 1 aromatic rings. The van der Waals surface area contributed by atoms with Crippen molar-refractivity contribution >= 4 is 5.97 Å². The number of carbonyl (C=O) groups is 1. The average molecular weight is 259 g/mol. The lowest BCUT2D eigenvalue weighted by Gasteiger charge is -2.14. The molecule has 19 heavy (non-hydrogen) atoms. The summed E-state index contributed by atoms with van der Waals surface area (Å²) in [6.07, 6.45) is 7.65. The van der Waals surface area contributed by atoms with Gasteiger partial charge in [-0.15, -0.1) is 0 Å². The normalized spacial score (nSPS) is 14.2. The van der Waals surface area contributed by atoms with Gasteiger partial charge in [-0.3, -0.25) is 0 Å². The van der Waals surface area contributed by atoms with Gasteiger partial charge in [-0.05, 0) is 49.4 Å². The number of fused-ring (bicyclic) bond motifs is 1. The molecule has 1 aliphatic rings. The Kier molecular flexibility index (Phi) is 4.74. The smallest absolute Gasteiger partial charge is 0.328 e. The average Bonchev–Trinajstić information content (AvgIpc) is 2.83. The van der Waals surface area contributed by atoms with Crippen LogP contribution in [0.5, 0.6) is 0 Å². The van der Waals surface area contributed by atoms with Gasteiger partial charge in [-0.1, -0.05) is 24.3 Å². The minimum absolute atomic E-state index is 0.678. The van der Waals surface area contributed by atoms with E-state index in [4.69, 9.17) is 5.11 Å². The molecule has 0 saturated heterocycles. The maximum atomic E-state index is 10.4. The Balaban J connectivity index is 1.80. The van der Waals surface area contributed by atoms with Crippen molar-refractivity contribution in [3.63, 3.8) is 0 Å². The monoisotopic (exact) mass is 259 g/mol. The van der Waals surface area contributed by atoms with Crippen LogP contribution >= 0.6 is 0 Å². The molecule has 0 spiro atoms. The second kappa shape index (κ2) is 6.53. The van der Waals surface area contributed by atoms with Gasteiger partial charge in [-0.25, -0.2) is 4.79 Å². The van der Waals surface area contributed by atoms with Crippen molar-refractivity contribution in [2.24, 2.45) is 0 Å². The standard InChI is InChI=1S/C16H21NO2/c1-17(10-3-6-16(18)19)11-9-13-7-8-14-4-2-5-15(14)12-13/h3,6-8,12H,2,4-5,9-11H2,1H3,(H,18,19)/b6-3+. The number of rotatable bonds is 6. The maximum absolute atomic E-state index is 10.4. The van der Waals surface area contributed by atoms with Gasteiger partial charge in [0.25, 0.3) is 0 Å². The van der Waals surface area contributed by atoms with E-state index in [0.717, 1.165) is 13.0 Å². The van der Waals surface area contributed by atoms with Crippen LogP contribution in [0.25, 0.3) is 0 Å². The molecule has 0 amide bonds. The van der Waals surface area contributed by atoms with Crippen LogP contribution in [0, 0.1) is 0 Å². The van der Waals surface area contributed by atoms with Crippen molar-refractivity contribution in [2.45, 2.75) is 25.7 Å². The van der Waals surface area contributed by atoms with Gasteiger partial charge in [-0.2, -0.15) is 0 Å². The summed E-state index contributed by atoms with van der Waals surface area (Å²) in [7, 11) is 2.01. The molecule has 0 heterocycles. The van der Waals surface area contributed by atoms with Gasteiger partial charge in [0, 0.05) is 19.2 Å².